The van der Waals surface area contributed by atoms with Crippen LogP contribution in [0.3, 0.4) is 0 Å². The summed E-state index contributed by atoms with van der Waals surface area (Å²) in [7, 11) is 1.18. The molecule has 1 unspecified atom stereocenters. The predicted octanol–water partition coefficient (Wildman–Crippen LogP) is 1.17. The molecule has 8 heteroatoms. The van der Waals surface area contributed by atoms with Gasteiger partial charge in [0.15, 0.2) is 0 Å². The normalized spacial score (nSPS) is 12.6. The van der Waals surface area contributed by atoms with Gasteiger partial charge in [0, 0.05) is 0 Å². The Morgan fingerprint density at radius 1 is 1.24 bits per heavy atom. The number of benzene rings is 1. The van der Waals surface area contributed by atoms with Crippen LogP contribution in [0.1, 0.15) is 11.6 Å². The summed E-state index contributed by atoms with van der Waals surface area (Å²) >= 11 is 0. The van der Waals surface area contributed by atoms with Crippen molar-refractivity contribution in [1.82, 2.24) is 10.6 Å². The number of halogens is 3. The minimum absolute atomic E-state index is 0.440. The van der Waals surface area contributed by atoms with Crippen LogP contribution in [0.25, 0.3) is 0 Å². The van der Waals surface area contributed by atoms with Gasteiger partial charge >= 0.3 is 12.1 Å². The molecule has 0 aromatic heterocycles. The van der Waals surface area contributed by atoms with E-state index in [2.05, 4.69) is 10.1 Å². The largest absolute Gasteiger partial charge is 0.468 e. The number of ether oxygens (including phenoxy) is 1. The minimum atomic E-state index is -4.48. The molecule has 0 aliphatic rings. The van der Waals surface area contributed by atoms with Gasteiger partial charge in [-0.2, -0.15) is 13.2 Å². The smallest absolute Gasteiger partial charge is 0.405 e. The van der Waals surface area contributed by atoms with Crippen molar-refractivity contribution < 1.29 is 27.5 Å². The van der Waals surface area contributed by atoms with Gasteiger partial charge in [0.1, 0.15) is 12.6 Å². The SMILES string of the molecule is COC(=O)C(NCC(=O)NCC(F)(F)F)c1ccccc1. The molecule has 0 radical (unpaired) electrons. The van der Waals surface area contributed by atoms with Crippen molar-refractivity contribution in [3.63, 3.8) is 0 Å². The maximum atomic E-state index is 12.0. The first kappa shape index (κ1) is 17.0. The van der Waals surface area contributed by atoms with Crippen LogP contribution in [-0.4, -0.2) is 38.3 Å². The molecule has 0 heterocycles. The topological polar surface area (TPSA) is 67.4 Å². The third-order valence-electron chi connectivity index (χ3n) is 2.52. The Labute approximate surface area is 119 Å². The maximum Gasteiger partial charge on any atom is 0.405 e. The van der Waals surface area contributed by atoms with Crippen molar-refractivity contribution in [1.29, 1.82) is 0 Å². The third kappa shape index (κ3) is 6.26. The van der Waals surface area contributed by atoms with E-state index in [1.807, 2.05) is 0 Å². The molecule has 0 bridgehead atoms. The van der Waals surface area contributed by atoms with Gasteiger partial charge in [-0.3, -0.25) is 10.1 Å². The molecule has 2 N–H and O–H groups in total. The van der Waals surface area contributed by atoms with Crippen molar-refractivity contribution in [2.45, 2.75) is 12.2 Å². The second-order valence-electron chi connectivity index (χ2n) is 4.14. The van der Waals surface area contributed by atoms with Gasteiger partial charge in [0.25, 0.3) is 0 Å². The summed E-state index contributed by atoms with van der Waals surface area (Å²) < 4.78 is 40.5. The molecule has 1 rings (SSSR count). The summed E-state index contributed by atoms with van der Waals surface area (Å²) in [5, 5.41) is 4.28. The Balaban J connectivity index is 2.59. The lowest BCUT2D eigenvalue weighted by molar-refractivity contribution is -0.144. The highest BCUT2D eigenvalue weighted by Crippen LogP contribution is 2.14. The molecule has 0 fully saturated rings. The van der Waals surface area contributed by atoms with Crippen LogP contribution in [0, 0.1) is 0 Å². The molecule has 1 atom stereocenters. The first-order chi connectivity index (χ1) is 9.83. The van der Waals surface area contributed by atoms with E-state index < -0.39 is 37.2 Å². The van der Waals surface area contributed by atoms with Crippen LogP contribution in [0.4, 0.5) is 13.2 Å². The summed E-state index contributed by atoms with van der Waals surface area (Å²) in [4.78, 5) is 23.0. The second kappa shape index (κ2) is 7.63. The van der Waals surface area contributed by atoms with Gasteiger partial charge in [-0.25, -0.2) is 4.79 Å². The van der Waals surface area contributed by atoms with Crippen molar-refractivity contribution in [2.75, 3.05) is 20.2 Å². The number of nitrogens with one attached hydrogen (secondary N) is 2. The molecular weight excluding hydrogens is 289 g/mol. The fourth-order valence-electron chi connectivity index (χ4n) is 1.56. The van der Waals surface area contributed by atoms with E-state index in [0.29, 0.717) is 5.56 Å². The number of rotatable bonds is 6. The molecule has 0 aliphatic heterocycles. The monoisotopic (exact) mass is 304 g/mol. The van der Waals surface area contributed by atoms with Crippen LogP contribution < -0.4 is 10.6 Å². The highest BCUT2D eigenvalue weighted by Gasteiger charge is 2.28. The van der Waals surface area contributed by atoms with E-state index in [0.717, 1.165) is 0 Å². The molecule has 0 saturated heterocycles. The molecular formula is C13H15F3N2O3. The Morgan fingerprint density at radius 2 is 1.86 bits per heavy atom. The van der Waals surface area contributed by atoms with Crippen LogP contribution in [0.5, 0.6) is 0 Å². The average Bonchev–Trinajstić information content (AvgIpc) is 2.45. The van der Waals surface area contributed by atoms with Crippen LogP contribution in [0.2, 0.25) is 0 Å². The number of amides is 1. The van der Waals surface area contributed by atoms with Gasteiger partial charge < -0.3 is 10.1 Å². The second-order valence-corrected chi connectivity index (χ2v) is 4.14. The van der Waals surface area contributed by atoms with E-state index in [1.54, 1.807) is 35.6 Å². The number of esters is 1. The zero-order valence-electron chi connectivity index (χ0n) is 11.2. The van der Waals surface area contributed by atoms with E-state index in [1.165, 1.54) is 7.11 Å². The van der Waals surface area contributed by atoms with E-state index in [9.17, 15) is 22.8 Å². The number of carbonyl (C=O) groups is 2. The molecule has 5 nitrogen and oxygen atoms in total. The lowest BCUT2D eigenvalue weighted by Crippen LogP contribution is -2.41. The first-order valence-corrected chi connectivity index (χ1v) is 6.03. The predicted molar refractivity (Wildman–Crippen MR) is 68.3 cm³/mol. The van der Waals surface area contributed by atoms with Crippen molar-refractivity contribution >= 4 is 11.9 Å². The number of alkyl halides is 3. The zero-order valence-corrected chi connectivity index (χ0v) is 11.2. The van der Waals surface area contributed by atoms with E-state index >= 15 is 0 Å². The fourth-order valence-corrected chi connectivity index (χ4v) is 1.56. The van der Waals surface area contributed by atoms with Crippen LogP contribution in [0.15, 0.2) is 30.3 Å². The quantitative estimate of drug-likeness (QED) is 0.774. The summed E-state index contributed by atoms with van der Waals surface area (Å²) in [6.45, 7) is -1.85. The minimum Gasteiger partial charge on any atom is -0.468 e. The number of carbonyl (C=O) groups excluding carboxylic acids is 2. The first-order valence-electron chi connectivity index (χ1n) is 6.03. The van der Waals surface area contributed by atoms with Gasteiger partial charge in [0.2, 0.25) is 5.91 Å². The van der Waals surface area contributed by atoms with Crippen molar-refractivity contribution in [3.05, 3.63) is 35.9 Å². The molecule has 0 aliphatic carbocycles. The van der Waals surface area contributed by atoms with Crippen molar-refractivity contribution in [2.24, 2.45) is 0 Å². The highest BCUT2D eigenvalue weighted by atomic mass is 19.4. The zero-order chi connectivity index (χ0) is 15.9. The summed E-state index contributed by atoms with van der Waals surface area (Å²) in [5.41, 5.74) is 0.549. The Morgan fingerprint density at radius 3 is 2.38 bits per heavy atom. The molecule has 1 aromatic carbocycles. The standard InChI is InChI=1S/C13H15F3N2O3/c1-21-12(20)11(9-5-3-2-4-6-9)17-7-10(19)18-8-13(14,15)16/h2-6,11,17H,7-8H2,1H3,(H,18,19). The molecule has 0 saturated carbocycles. The van der Waals surface area contributed by atoms with E-state index in [4.69, 9.17) is 0 Å². The van der Waals surface area contributed by atoms with Crippen LogP contribution >= 0.6 is 0 Å². The number of hydrogen-bond acceptors (Lipinski definition) is 4. The summed E-state index contributed by atoms with van der Waals surface area (Å²) in [5.74, 6) is -1.50. The lowest BCUT2D eigenvalue weighted by Gasteiger charge is -2.17. The van der Waals surface area contributed by atoms with E-state index in [-0.39, 0.29) is 0 Å². The highest BCUT2D eigenvalue weighted by molar-refractivity contribution is 5.81. The van der Waals surface area contributed by atoms with Gasteiger partial charge in [-0.1, -0.05) is 30.3 Å². The summed E-state index contributed by atoms with van der Waals surface area (Å²) in [6.07, 6.45) is -4.48. The Hall–Kier alpha value is -2.09. The summed E-state index contributed by atoms with van der Waals surface area (Å²) in [6, 6.07) is 7.49. The maximum absolute atomic E-state index is 12.0. The molecule has 116 valence electrons. The Bertz CT molecular complexity index is 477. The van der Waals surface area contributed by atoms with Gasteiger partial charge in [0.05, 0.1) is 13.7 Å². The fraction of sp³-hybridized carbons (Fsp3) is 0.385. The molecule has 0 spiro atoms. The average molecular weight is 304 g/mol. The number of methoxy groups -OCH3 is 1. The number of hydrogen-bond donors (Lipinski definition) is 2. The molecule has 1 amide bonds. The Kier molecular flexibility index (Phi) is 6.16. The molecule has 1 aromatic rings. The molecule has 21 heavy (non-hydrogen) atoms. The van der Waals surface area contributed by atoms with Gasteiger partial charge in [-0.15, -0.1) is 0 Å². The third-order valence-corrected chi connectivity index (χ3v) is 2.52. The lowest BCUT2D eigenvalue weighted by atomic mass is 10.1. The van der Waals surface area contributed by atoms with Crippen LogP contribution in [-0.2, 0) is 14.3 Å². The van der Waals surface area contributed by atoms with Gasteiger partial charge in [-0.05, 0) is 5.56 Å². The van der Waals surface area contributed by atoms with Crippen molar-refractivity contribution in [3.8, 4) is 0 Å².